The molecule has 104 valence electrons. The monoisotopic (exact) mass is 308 g/mol. The van der Waals surface area contributed by atoms with E-state index >= 15 is 0 Å². The number of amides is 1. The number of rotatable bonds is 4. The lowest BCUT2D eigenvalue weighted by Crippen LogP contribution is -2.22. The van der Waals surface area contributed by atoms with E-state index in [2.05, 4.69) is 10.6 Å². The van der Waals surface area contributed by atoms with Crippen molar-refractivity contribution in [2.45, 2.75) is 6.92 Å². The Kier molecular flexibility index (Phi) is 4.88. The molecule has 0 spiro atoms. The topological polar surface area (TPSA) is 41.1 Å². The minimum Gasteiger partial charge on any atom is -0.376 e. The van der Waals surface area contributed by atoms with Gasteiger partial charge in [-0.2, -0.15) is 0 Å². The van der Waals surface area contributed by atoms with Crippen LogP contribution in [0.5, 0.6) is 0 Å². The number of benzene rings is 2. The summed E-state index contributed by atoms with van der Waals surface area (Å²) in [7, 11) is 0. The van der Waals surface area contributed by atoms with Crippen molar-refractivity contribution in [3.63, 3.8) is 0 Å². The number of para-hydroxylation sites is 1. The zero-order chi connectivity index (χ0) is 14.5. The number of carbonyl (C=O) groups is 1. The number of nitrogens with one attached hydrogen (secondary N) is 2. The zero-order valence-electron chi connectivity index (χ0n) is 10.9. The van der Waals surface area contributed by atoms with Crippen LogP contribution in [0.1, 0.15) is 5.56 Å². The second-order valence-corrected chi connectivity index (χ2v) is 5.18. The summed E-state index contributed by atoms with van der Waals surface area (Å²) in [6.45, 7) is 2.15. The molecule has 0 aliphatic heterocycles. The van der Waals surface area contributed by atoms with Crippen molar-refractivity contribution in [2.24, 2.45) is 0 Å². The van der Waals surface area contributed by atoms with E-state index in [-0.39, 0.29) is 12.5 Å². The molecule has 0 atom stereocenters. The molecule has 0 unspecified atom stereocenters. The van der Waals surface area contributed by atoms with Gasteiger partial charge in [0.05, 0.1) is 17.3 Å². The number of halogens is 2. The van der Waals surface area contributed by atoms with Gasteiger partial charge in [0.2, 0.25) is 5.91 Å². The number of hydrogen-bond acceptors (Lipinski definition) is 2. The largest absolute Gasteiger partial charge is 0.376 e. The normalized spacial score (nSPS) is 10.2. The van der Waals surface area contributed by atoms with Crippen LogP contribution in [0.25, 0.3) is 0 Å². The summed E-state index contributed by atoms with van der Waals surface area (Å²) in [6.07, 6.45) is 0. The summed E-state index contributed by atoms with van der Waals surface area (Å²) < 4.78 is 0. The van der Waals surface area contributed by atoms with E-state index in [0.29, 0.717) is 15.7 Å². The molecule has 0 aliphatic rings. The van der Waals surface area contributed by atoms with Gasteiger partial charge in [-0.05, 0) is 36.8 Å². The number of hydrogen-bond donors (Lipinski definition) is 2. The van der Waals surface area contributed by atoms with Crippen LogP contribution < -0.4 is 10.6 Å². The van der Waals surface area contributed by atoms with Gasteiger partial charge >= 0.3 is 0 Å². The molecule has 0 heterocycles. The molecule has 2 N–H and O–H groups in total. The Bertz CT molecular complexity index is 629. The van der Waals surface area contributed by atoms with Crippen molar-refractivity contribution >= 4 is 40.5 Å². The standard InChI is InChI=1S/C15H14Cl2N2O/c1-10-4-2-3-5-13(10)18-9-15(20)19-14-7-6-11(16)8-12(14)17/h2-8,18H,9H2,1H3,(H,19,20). The van der Waals surface area contributed by atoms with Crippen molar-refractivity contribution in [3.8, 4) is 0 Å². The van der Waals surface area contributed by atoms with Crippen molar-refractivity contribution in [3.05, 3.63) is 58.1 Å². The van der Waals surface area contributed by atoms with E-state index in [1.165, 1.54) is 0 Å². The predicted molar refractivity (Wildman–Crippen MR) is 84.8 cm³/mol. The Morgan fingerprint density at radius 2 is 1.85 bits per heavy atom. The Morgan fingerprint density at radius 1 is 1.10 bits per heavy atom. The minimum atomic E-state index is -0.169. The van der Waals surface area contributed by atoms with Crippen LogP contribution in [0.2, 0.25) is 10.0 Å². The minimum absolute atomic E-state index is 0.169. The highest BCUT2D eigenvalue weighted by atomic mass is 35.5. The van der Waals surface area contributed by atoms with Crippen LogP contribution in [0.3, 0.4) is 0 Å². The third-order valence-corrected chi connectivity index (χ3v) is 3.34. The average Bonchev–Trinajstić information content (AvgIpc) is 2.41. The van der Waals surface area contributed by atoms with E-state index in [1.807, 2.05) is 31.2 Å². The second-order valence-electron chi connectivity index (χ2n) is 4.34. The number of carbonyl (C=O) groups excluding carboxylic acids is 1. The molecule has 2 aromatic rings. The van der Waals surface area contributed by atoms with E-state index in [4.69, 9.17) is 23.2 Å². The molecule has 2 rings (SSSR count). The second kappa shape index (κ2) is 6.64. The molecule has 5 heteroatoms. The third-order valence-electron chi connectivity index (χ3n) is 2.79. The fourth-order valence-corrected chi connectivity index (χ4v) is 2.19. The number of aryl methyl sites for hydroxylation is 1. The van der Waals surface area contributed by atoms with E-state index in [9.17, 15) is 4.79 Å². The Balaban J connectivity index is 1.94. The van der Waals surface area contributed by atoms with Crippen molar-refractivity contribution in [1.82, 2.24) is 0 Å². The van der Waals surface area contributed by atoms with Crippen LogP contribution in [-0.4, -0.2) is 12.5 Å². The first kappa shape index (κ1) is 14.7. The molecule has 0 aromatic heterocycles. The van der Waals surface area contributed by atoms with Crippen molar-refractivity contribution in [1.29, 1.82) is 0 Å². The fraction of sp³-hybridized carbons (Fsp3) is 0.133. The number of anilines is 2. The van der Waals surface area contributed by atoms with Crippen molar-refractivity contribution in [2.75, 3.05) is 17.2 Å². The smallest absolute Gasteiger partial charge is 0.243 e. The molecule has 0 saturated heterocycles. The summed E-state index contributed by atoms with van der Waals surface area (Å²) in [6, 6.07) is 12.7. The lowest BCUT2D eigenvalue weighted by molar-refractivity contribution is -0.114. The lowest BCUT2D eigenvalue weighted by Gasteiger charge is -2.10. The van der Waals surface area contributed by atoms with Gasteiger partial charge in [0.1, 0.15) is 0 Å². The van der Waals surface area contributed by atoms with Gasteiger partial charge < -0.3 is 10.6 Å². The summed E-state index contributed by atoms with van der Waals surface area (Å²) in [5.41, 5.74) is 2.57. The van der Waals surface area contributed by atoms with Crippen LogP contribution in [0.15, 0.2) is 42.5 Å². The van der Waals surface area contributed by atoms with Crippen LogP contribution in [-0.2, 0) is 4.79 Å². The van der Waals surface area contributed by atoms with Gasteiger partial charge in [-0.25, -0.2) is 0 Å². The third kappa shape index (κ3) is 3.89. The Morgan fingerprint density at radius 3 is 2.55 bits per heavy atom. The zero-order valence-corrected chi connectivity index (χ0v) is 12.4. The highest BCUT2D eigenvalue weighted by Crippen LogP contribution is 2.25. The van der Waals surface area contributed by atoms with E-state index < -0.39 is 0 Å². The first-order valence-corrected chi connectivity index (χ1v) is 6.86. The highest BCUT2D eigenvalue weighted by molar-refractivity contribution is 6.36. The summed E-state index contributed by atoms with van der Waals surface area (Å²) in [5.74, 6) is -0.169. The molecule has 0 radical (unpaired) electrons. The quantitative estimate of drug-likeness (QED) is 0.881. The maximum absolute atomic E-state index is 11.9. The van der Waals surface area contributed by atoms with Gasteiger partial charge in [0, 0.05) is 10.7 Å². The van der Waals surface area contributed by atoms with Crippen molar-refractivity contribution < 1.29 is 4.79 Å². The Hall–Kier alpha value is -1.71. The average molecular weight is 309 g/mol. The lowest BCUT2D eigenvalue weighted by atomic mass is 10.2. The van der Waals surface area contributed by atoms with Gasteiger partial charge in [-0.1, -0.05) is 41.4 Å². The van der Waals surface area contributed by atoms with Gasteiger partial charge in [-0.15, -0.1) is 0 Å². The van der Waals surface area contributed by atoms with Crippen LogP contribution >= 0.6 is 23.2 Å². The predicted octanol–water partition coefficient (Wildman–Crippen LogP) is 4.35. The molecule has 0 bridgehead atoms. The highest BCUT2D eigenvalue weighted by Gasteiger charge is 2.06. The molecule has 20 heavy (non-hydrogen) atoms. The maximum Gasteiger partial charge on any atom is 0.243 e. The first-order valence-electron chi connectivity index (χ1n) is 6.10. The molecule has 3 nitrogen and oxygen atoms in total. The van der Waals surface area contributed by atoms with Crippen LogP contribution in [0, 0.1) is 6.92 Å². The van der Waals surface area contributed by atoms with E-state index in [1.54, 1.807) is 18.2 Å². The molecule has 1 amide bonds. The first-order chi connectivity index (χ1) is 9.56. The van der Waals surface area contributed by atoms with Gasteiger partial charge in [0.25, 0.3) is 0 Å². The maximum atomic E-state index is 11.9. The molecule has 2 aromatic carbocycles. The van der Waals surface area contributed by atoms with Gasteiger partial charge in [0.15, 0.2) is 0 Å². The van der Waals surface area contributed by atoms with Gasteiger partial charge in [-0.3, -0.25) is 4.79 Å². The Labute approximate surface area is 127 Å². The van der Waals surface area contributed by atoms with E-state index in [0.717, 1.165) is 11.3 Å². The SMILES string of the molecule is Cc1ccccc1NCC(=O)Nc1ccc(Cl)cc1Cl. The fourth-order valence-electron chi connectivity index (χ4n) is 1.73. The van der Waals surface area contributed by atoms with Crippen LogP contribution in [0.4, 0.5) is 11.4 Å². The molecule has 0 saturated carbocycles. The molecular formula is C15H14Cl2N2O. The molecule has 0 aliphatic carbocycles. The molecule has 0 fully saturated rings. The summed E-state index contributed by atoms with van der Waals surface area (Å²) in [4.78, 5) is 11.9. The molecular weight excluding hydrogens is 295 g/mol. The summed E-state index contributed by atoms with van der Waals surface area (Å²) >= 11 is 11.8. The summed E-state index contributed by atoms with van der Waals surface area (Å²) in [5, 5.41) is 6.77.